The van der Waals surface area contributed by atoms with E-state index in [4.69, 9.17) is 25.8 Å². The summed E-state index contributed by atoms with van der Waals surface area (Å²) in [7, 11) is 0. The van der Waals surface area contributed by atoms with Crippen molar-refractivity contribution in [2.45, 2.75) is 6.61 Å². The van der Waals surface area contributed by atoms with Crippen LogP contribution in [0, 0.1) is 0 Å². The van der Waals surface area contributed by atoms with Crippen LogP contribution in [0.25, 0.3) is 0 Å². The number of aldehydes is 1. The van der Waals surface area contributed by atoms with Crippen LogP contribution in [0.5, 0.6) is 17.2 Å². The quantitative estimate of drug-likeness (QED) is 0.809. The predicted octanol–water partition coefficient (Wildman–Crippen LogP) is 3.46. The van der Waals surface area contributed by atoms with E-state index in [1.54, 1.807) is 18.2 Å². The van der Waals surface area contributed by atoms with Gasteiger partial charge in [-0.3, -0.25) is 4.79 Å². The van der Waals surface area contributed by atoms with Gasteiger partial charge in [-0.1, -0.05) is 17.7 Å². The first-order valence-corrected chi connectivity index (χ1v) is 6.40. The summed E-state index contributed by atoms with van der Waals surface area (Å²) in [5, 5.41) is 0.524. The van der Waals surface area contributed by atoms with E-state index in [9.17, 15) is 4.79 Å². The molecule has 0 bridgehead atoms. The minimum absolute atomic E-state index is 0.239. The molecule has 4 nitrogen and oxygen atoms in total. The van der Waals surface area contributed by atoms with Gasteiger partial charge in [-0.2, -0.15) is 0 Å². The van der Waals surface area contributed by atoms with E-state index in [-0.39, 0.29) is 6.79 Å². The number of carbonyl (C=O) groups is 1. The molecular formula is C15H11ClO4. The van der Waals surface area contributed by atoms with Crippen molar-refractivity contribution in [3.05, 3.63) is 52.5 Å². The number of hydrogen-bond donors (Lipinski definition) is 0. The molecule has 0 aromatic heterocycles. The molecule has 0 atom stereocenters. The van der Waals surface area contributed by atoms with Gasteiger partial charge in [0.15, 0.2) is 17.8 Å². The molecule has 0 spiro atoms. The van der Waals surface area contributed by atoms with Crippen molar-refractivity contribution in [2.75, 3.05) is 6.79 Å². The molecule has 3 rings (SSSR count). The first-order chi connectivity index (χ1) is 9.76. The Morgan fingerprint density at radius 3 is 2.85 bits per heavy atom. The molecule has 0 N–H and O–H groups in total. The van der Waals surface area contributed by atoms with Crippen molar-refractivity contribution in [3.63, 3.8) is 0 Å². The molecule has 0 saturated carbocycles. The smallest absolute Gasteiger partial charge is 0.231 e. The van der Waals surface area contributed by atoms with E-state index in [2.05, 4.69) is 0 Å². The van der Waals surface area contributed by atoms with Crippen LogP contribution >= 0.6 is 11.6 Å². The SMILES string of the molecule is O=Cc1ccc(Cl)cc1OCc1ccc2c(c1)OCO2. The van der Waals surface area contributed by atoms with Crippen molar-refractivity contribution >= 4 is 17.9 Å². The Balaban J connectivity index is 1.76. The van der Waals surface area contributed by atoms with E-state index in [1.807, 2.05) is 18.2 Å². The minimum Gasteiger partial charge on any atom is -0.488 e. The zero-order valence-corrected chi connectivity index (χ0v) is 11.2. The van der Waals surface area contributed by atoms with E-state index in [0.717, 1.165) is 17.6 Å². The van der Waals surface area contributed by atoms with Gasteiger partial charge in [0.1, 0.15) is 12.4 Å². The topological polar surface area (TPSA) is 44.8 Å². The maximum absolute atomic E-state index is 10.9. The standard InChI is InChI=1S/C15H11ClO4/c16-12-3-2-11(7-17)14(6-12)18-8-10-1-4-13-15(5-10)20-9-19-13/h1-7H,8-9H2. The van der Waals surface area contributed by atoms with Gasteiger partial charge in [0.05, 0.1) is 5.56 Å². The molecule has 0 radical (unpaired) electrons. The molecule has 0 aliphatic carbocycles. The normalized spacial score (nSPS) is 12.2. The van der Waals surface area contributed by atoms with Crippen LogP contribution in [0.4, 0.5) is 0 Å². The molecule has 20 heavy (non-hydrogen) atoms. The van der Waals surface area contributed by atoms with Crippen LogP contribution < -0.4 is 14.2 Å². The number of halogens is 1. The third kappa shape index (κ3) is 2.56. The zero-order valence-electron chi connectivity index (χ0n) is 10.5. The highest BCUT2D eigenvalue weighted by atomic mass is 35.5. The van der Waals surface area contributed by atoms with Crippen molar-refractivity contribution < 1.29 is 19.0 Å². The fraction of sp³-hybridized carbons (Fsp3) is 0.133. The minimum atomic E-state index is 0.239. The number of fused-ring (bicyclic) bond motifs is 1. The van der Waals surface area contributed by atoms with Gasteiger partial charge in [-0.25, -0.2) is 0 Å². The third-order valence-corrected chi connectivity index (χ3v) is 3.17. The maximum Gasteiger partial charge on any atom is 0.231 e. The van der Waals surface area contributed by atoms with Crippen molar-refractivity contribution in [1.29, 1.82) is 0 Å². The van der Waals surface area contributed by atoms with Gasteiger partial charge in [0.25, 0.3) is 0 Å². The van der Waals surface area contributed by atoms with Crippen LogP contribution in [-0.2, 0) is 6.61 Å². The molecule has 0 fully saturated rings. The lowest BCUT2D eigenvalue weighted by molar-refractivity contribution is 0.111. The molecule has 0 amide bonds. The Hall–Kier alpha value is -2.20. The summed E-state index contributed by atoms with van der Waals surface area (Å²) in [6.45, 7) is 0.557. The third-order valence-electron chi connectivity index (χ3n) is 2.93. The van der Waals surface area contributed by atoms with Gasteiger partial charge in [-0.05, 0) is 35.9 Å². The Kier molecular flexibility index (Phi) is 3.48. The summed E-state index contributed by atoms with van der Waals surface area (Å²) in [4.78, 5) is 10.9. The van der Waals surface area contributed by atoms with Gasteiger partial charge in [0.2, 0.25) is 6.79 Å². The molecule has 1 aliphatic heterocycles. The number of hydrogen-bond acceptors (Lipinski definition) is 4. The van der Waals surface area contributed by atoms with Crippen LogP contribution in [0.3, 0.4) is 0 Å². The van der Waals surface area contributed by atoms with Gasteiger partial charge in [0, 0.05) is 5.02 Å². The van der Waals surface area contributed by atoms with Gasteiger partial charge < -0.3 is 14.2 Å². The monoisotopic (exact) mass is 290 g/mol. The van der Waals surface area contributed by atoms with Gasteiger partial charge in [-0.15, -0.1) is 0 Å². The molecule has 2 aromatic rings. The van der Waals surface area contributed by atoms with E-state index in [0.29, 0.717) is 28.7 Å². The lowest BCUT2D eigenvalue weighted by atomic mass is 10.2. The first-order valence-electron chi connectivity index (χ1n) is 6.02. The Morgan fingerprint density at radius 2 is 2.00 bits per heavy atom. The molecule has 0 saturated heterocycles. The second-order valence-corrected chi connectivity index (χ2v) is 4.71. The molecule has 2 aromatic carbocycles. The average molecular weight is 291 g/mol. The number of rotatable bonds is 4. The fourth-order valence-corrected chi connectivity index (χ4v) is 2.08. The highest BCUT2D eigenvalue weighted by Crippen LogP contribution is 2.33. The summed E-state index contributed by atoms with van der Waals surface area (Å²) in [6, 6.07) is 10.5. The second-order valence-electron chi connectivity index (χ2n) is 4.28. The summed E-state index contributed by atoms with van der Waals surface area (Å²) < 4.78 is 16.2. The van der Waals surface area contributed by atoms with E-state index < -0.39 is 0 Å². The molecule has 5 heteroatoms. The van der Waals surface area contributed by atoms with Crippen molar-refractivity contribution in [3.8, 4) is 17.2 Å². The lowest BCUT2D eigenvalue weighted by Crippen LogP contribution is -1.98. The predicted molar refractivity (Wildman–Crippen MR) is 73.7 cm³/mol. The van der Waals surface area contributed by atoms with Gasteiger partial charge >= 0.3 is 0 Å². The molecule has 1 heterocycles. The molecule has 102 valence electrons. The van der Waals surface area contributed by atoms with Crippen molar-refractivity contribution in [1.82, 2.24) is 0 Å². The lowest BCUT2D eigenvalue weighted by Gasteiger charge is -2.09. The zero-order chi connectivity index (χ0) is 13.9. The molecular weight excluding hydrogens is 280 g/mol. The Labute approximate surface area is 120 Å². The highest BCUT2D eigenvalue weighted by molar-refractivity contribution is 6.30. The second kappa shape index (κ2) is 5.43. The first kappa shape index (κ1) is 12.8. The Bertz CT molecular complexity index is 654. The average Bonchev–Trinajstić information content (AvgIpc) is 2.92. The van der Waals surface area contributed by atoms with Crippen LogP contribution in [0.15, 0.2) is 36.4 Å². The van der Waals surface area contributed by atoms with Crippen LogP contribution in [0.2, 0.25) is 5.02 Å². The maximum atomic E-state index is 10.9. The van der Waals surface area contributed by atoms with E-state index >= 15 is 0 Å². The molecule has 1 aliphatic rings. The number of carbonyl (C=O) groups excluding carboxylic acids is 1. The summed E-state index contributed by atoms with van der Waals surface area (Å²) in [5.41, 5.74) is 1.39. The van der Waals surface area contributed by atoms with E-state index in [1.165, 1.54) is 0 Å². The largest absolute Gasteiger partial charge is 0.488 e. The number of ether oxygens (including phenoxy) is 3. The van der Waals surface area contributed by atoms with Crippen LogP contribution in [0.1, 0.15) is 15.9 Å². The van der Waals surface area contributed by atoms with Crippen molar-refractivity contribution in [2.24, 2.45) is 0 Å². The highest BCUT2D eigenvalue weighted by Gasteiger charge is 2.13. The summed E-state index contributed by atoms with van der Waals surface area (Å²) >= 11 is 5.90. The van der Waals surface area contributed by atoms with Crippen LogP contribution in [-0.4, -0.2) is 13.1 Å². The summed E-state index contributed by atoms with van der Waals surface area (Å²) in [5.74, 6) is 1.89. The summed E-state index contributed by atoms with van der Waals surface area (Å²) in [6.07, 6.45) is 0.741. The number of benzene rings is 2. The molecule has 0 unspecified atom stereocenters. The Morgan fingerprint density at radius 1 is 1.15 bits per heavy atom. The fourth-order valence-electron chi connectivity index (χ4n) is 1.92.